The molecule has 0 fully saturated rings. The summed E-state index contributed by atoms with van der Waals surface area (Å²) in [7, 11) is 0. The summed E-state index contributed by atoms with van der Waals surface area (Å²) in [6.45, 7) is 2.33. The van der Waals surface area contributed by atoms with E-state index in [2.05, 4.69) is 24.3 Å². The summed E-state index contributed by atoms with van der Waals surface area (Å²) in [6, 6.07) is 25.9. The number of carbonyl (C=O) groups is 2. The van der Waals surface area contributed by atoms with Gasteiger partial charge in [-0.15, -0.1) is 0 Å². The number of hydrogen-bond donors (Lipinski definition) is 0. The van der Waals surface area contributed by atoms with Crippen LogP contribution in [0.4, 0.5) is 0 Å². The first kappa shape index (κ1) is 17.2. The van der Waals surface area contributed by atoms with Crippen LogP contribution in [0.25, 0.3) is 0 Å². The van der Waals surface area contributed by atoms with Gasteiger partial charge >= 0.3 is 0 Å². The van der Waals surface area contributed by atoms with Gasteiger partial charge in [-0.3, -0.25) is 14.5 Å². The molecule has 0 bridgehead atoms. The highest BCUT2D eigenvalue weighted by molar-refractivity contribution is 6.21. The van der Waals surface area contributed by atoms with Crippen LogP contribution < -0.4 is 0 Å². The van der Waals surface area contributed by atoms with Crippen molar-refractivity contribution in [1.29, 1.82) is 0 Å². The summed E-state index contributed by atoms with van der Waals surface area (Å²) >= 11 is 0. The molecular formula is C24H21NO2. The smallest absolute Gasteiger partial charge is 0.261 e. The SMILES string of the molecule is Cc1ccc2c(c1)C(=O)N(CCC(c1ccccc1)c1ccccc1)C2=O. The molecule has 3 aromatic rings. The van der Waals surface area contributed by atoms with Crippen molar-refractivity contribution in [3.63, 3.8) is 0 Å². The Labute approximate surface area is 159 Å². The fourth-order valence-electron chi connectivity index (χ4n) is 3.76. The minimum absolute atomic E-state index is 0.137. The second kappa shape index (κ2) is 7.20. The maximum atomic E-state index is 12.8. The largest absolute Gasteiger partial charge is 0.274 e. The molecule has 0 radical (unpaired) electrons. The first-order valence-corrected chi connectivity index (χ1v) is 9.22. The normalized spacial score (nSPS) is 13.3. The van der Waals surface area contributed by atoms with E-state index in [0.29, 0.717) is 24.1 Å². The predicted molar refractivity (Wildman–Crippen MR) is 106 cm³/mol. The maximum absolute atomic E-state index is 12.8. The Kier molecular flexibility index (Phi) is 4.59. The van der Waals surface area contributed by atoms with Crippen LogP contribution in [-0.2, 0) is 0 Å². The third-order valence-corrected chi connectivity index (χ3v) is 5.17. The molecule has 2 amide bonds. The zero-order chi connectivity index (χ0) is 18.8. The molecule has 0 saturated carbocycles. The second-order valence-corrected chi connectivity index (χ2v) is 6.97. The zero-order valence-electron chi connectivity index (χ0n) is 15.3. The molecule has 27 heavy (non-hydrogen) atoms. The molecule has 0 unspecified atom stereocenters. The topological polar surface area (TPSA) is 37.4 Å². The number of fused-ring (bicyclic) bond motifs is 1. The van der Waals surface area contributed by atoms with Crippen molar-refractivity contribution in [3.8, 4) is 0 Å². The summed E-state index contributed by atoms with van der Waals surface area (Å²) in [4.78, 5) is 26.9. The molecule has 0 aliphatic carbocycles. The second-order valence-electron chi connectivity index (χ2n) is 6.97. The molecule has 3 aromatic carbocycles. The average molecular weight is 355 g/mol. The average Bonchev–Trinajstić information content (AvgIpc) is 2.94. The lowest BCUT2D eigenvalue weighted by molar-refractivity contribution is 0.0651. The van der Waals surface area contributed by atoms with Crippen molar-refractivity contribution in [2.24, 2.45) is 0 Å². The number of amides is 2. The highest BCUT2D eigenvalue weighted by Crippen LogP contribution is 2.30. The molecule has 134 valence electrons. The molecule has 0 saturated heterocycles. The van der Waals surface area contributed by atoms with Gasteiger partial charge in [-0.25, -0.2) is 0 Å². The van der Waals surface area contributed by atoms with Crippen LogP contribution in [0.2, 0.25) is 0 Å². The Hall–Kier alpha value is -3.20. The molecule has 0 N–H and O–H groups in total. The van der Waals surface area contributed by atoms with Gasteiger partial charge in [0.1, 0.15) is 0 Å². The van der Waals surface area contributed by atoms with Crippen molar-refractivity contribution in [2.75, 3.05) is 6.54 Å². The molecule has 0 atom stereocenters. The van der Waals surface area contributed by atoms with Gasteiger partial charge in [0.15, 0.2) is 0 Å². The summed E-state index contributed by atoms with van der Waals surface area (Å²) in [5, 5.41) is 0. The molecule has 4 rings (SSSR count). The lowest BCUT2D eigenvalue weighted by Gasteiger charge is -2.21. The molecule has 1 aliphatic rings. The number of aryl methyl sites for hydroxylation is 1. The van der Waals surface area contributed by atoms with E-state index in [-0.39, 0.29) is 17.7 Å². The van der Waals surface area contributed by atoms with E-state index in [9.17, 15) is 9.59 Å². The Balaban J connectivity index is 1.59. The maximum Gasteiger partial charge on any atom is 0.261 e. The number of nitrogens with zero attached hydrogens (tertiary/aromatic N) is 1. The number of imide groups is 1. The highest BCUT2D eigenvalue weighted by Gasteiger charge is 2.35. The monoisotopic (exact) mass is 355 g/mol. The molecule has 0 aromatic heterocycles. The van der Waals surface area contributed by atoms with Crippen LogP contribution in [0.1, 0.15) is 49.7 Å². The van der Waals surface area contributed by atoms with E-state index in [1.54, 1.807) is 12.1 Å². The lowest BCUT2D eigenvalue weighted by atomic mass is 9.88. The third kappa shape index (κ3) is 3.28. The van der Waals surface area contributed by atoms with Crippen molar-refractivity contribution >= 4 is 11.8 Å². The van der Waals surface area contributed by atoms with Crippen LogP contribution in [0.15, 0.2) is 78.9 Å². The van der Waals surface area contributed by atoms with E-state index in [0.717, 1.165) is 5.56 Å². The van der Waals surface area contributed by atoms with Crippen molar-refractivity contribution in [1.82, 2.24) is 4.90 Å². The molecule has 3 heteroatoms. The number of benzene rings is 3. The Bertz CT molecular complexity index is 940. The fraction of sp³-hybridized carbons (Fsp3) is 0.167. The molecule has 1 aliphatic heterocycles. The van der Waals surface area contributed by atoms with Gasteiger partial charge in [0.05, 0.1) is 11.1 Å². The Morgan fingerprint density at radius 2 is 1.30 bits per heavy atom. The van der Waals surface area contributed by atoms with E-state index in [1.165, 1.54) is 16.0 Å². The van der Waals surface area contributed by atoms with Gasteiger partial charge in [0.2, 0.25) is 0 Å². The van der Waals surface area contributed by atoms with E-state index in [1.807, 2.05) is 49.4 Å². The van der Waals surface area contributed by atoms with Gasteiger partial charge in [-0.1, -0.05) is 72.3 Å². The molecule has 0 spiro atoms. The molecular weight excluding hydrogens is 334 g/mol. The van der Waals surface area contributed by atoms with Crippen LogP contribution in [0.3, 0.4) is 0 Å². The highest BCUT2D eigenvalue weighted by atomic mass is 16.2. The first-order chi connectivity index (χ1) is 13.1. The first-order valence-electron chi connectivity index (χ1n) is 9.22. The third-order valence-electron chi connectivity index (χ3n) is 5.17. The standard InChI is InChI=1S/C24H21NO2/c1-17-12-13-21-22(16-17)24(27)25(23(21)26)15-14-20(18-8-4-2-5-9-18)19-10-6-3-7-11-19/h2-13,16,20H,14-15H2,1H3. The van der Waals surface area contributed by atoms with Crippen molar-refractivity contribution in [2.45, 2.75) is 19.3 Å². The summed E-state index contributed by atoms with van der Waals surface area (Å²) in [5.41, 5.74) is 4.41. The summed E-state index contributed by atoms with van der Waals surface area (Å²) < 4.78 is 0. The van der Waals surface area contributed by atoms with Gasteiger partial charge in [-0.05, 0) is 36.6 Å². The van der Waals surface area contributed by atoms with Crippen LogP contribution >= 0.6 is 0 Å². The zero-order valence-corrected chi connectivity index (χ0v) is 15.3. The minimum atomic E-state index is -0.185. The summed E-state index contributed by atoms with van der Waals surface area (Å²) in [6.07, 6.45) is 0.693. The van der Waals surface area contributed by atoms with Crippen LogP contribution in [-0.4, -0.2) is 23.3 Å². The van der Waals surface area contributed by atoms with Gasteiger partial charge in [0, 0.05) is 12.5 Å². The number of carbonyl (C=O) groups excluding carboxylic acids is 2. The molecule has 3 nitrogen and oxygen atoms in total. The lowest BCUT2D eigenvalue weighted by Crippen LogP contribution is -2.31. The van der Waals surface area contributed by atoms with E-state index < -0.39 is 0 Å². The van der Waals surface area contributed by atoms with Crippen LogP contribution in [0.5, 0.6) is 0 Å². The number of hydrogen-bond acceptors (Lipinski definition) is 2. The van der Waals surface area contributed by atoms with E-state index >= 15 is 0 Å². The van der Waals surface area contributed by atoms with Crippen molar-refractivity contribution < 1.29 is 9.59 Å². The number of rotatable bonds is 5. The fourth-order valence-corrected chi connectivity index (χ4v) is 3.76. The van der Waals surface area contributed by atoms with Gasteiger partial charge in [0.25, 0.3) is 11.8 Å². The van der Waals surface area contributed by atoms with Gasteiger partial charge < -0.3 is 0 Å². The minimum Gasteiger partial charge on any atom is -0.274 e. The van der Waals surface area contributed by atoms with Crippen molar-refractivity contribution in [3.05, 3.63) is 107 Å². The predicted octanol–water partition coefficient (Wildman–Crippen LogP) is 4.81. The molecule has 1 heterocycles. The summed E-state index contributed by atoms with van der Waals surface area (Å²) in [5.74, 6) is -0.230. The van der Waals surface area contributed by atoms with Crippen LogP contribution in [0, 0.1) is 6.92 Å². The quantitative estimate of drug-likeness (QED) is 0.616. The Morgan fingerprint density at radius 3 is 1.89 bits per heavy atom. The van der Waals surface area contributed by atoms with Gasteiger partial charge in [-0.2, -0.15) is 0 Å². The Morgan fingerprint density at radius 1 is 0.741 bits per heavy atom. The van der Waals surface area contributed by atoms with E-state index in [4.69, 9.17) is 0 Å².